The first-order valence-electron chi connectivity index (χ1n) is 13.9. The van der Waals surface area contributed by atoms with Gasteiger partial charge >= 0.3 is 11.9 Å². The number of carbonyl (C=O) groups is 5. The van der Waals surface area contributed by atoms with E-state index in [-0.39, 0.29) is 18.9 Å². The maximum atomic E-state index is 12.5. The lowest BCUT2D eigenvalue weighted by atomic mass is 9.91. The number of rotatable bonds is 14. The number of ether oxygens (including phenoxy) is 3. The lowest BCUT2D eigenvalue weighted by Crippen LogP contribution is -2.61. The molecular weight excluding hydrogens is 568 g/mol. The van der Waals surface area contributed by atoms with Crippen molar-refractivity contribution >= 4 is 29.7 Å². The molecule has 0 radical (unpaired) electrons. The van der Waals surface area contributed by atoms with Crippen LogP contribution in [-0.4, -0.2) is 98.8 Å². The number of carboxylic acids is 1. The number of aliphatic hydroxyl groups excluding tert-OH is 3. The van der Waals surface area contributed by atoms with E-state index in [0.29, 0.717) is 37.8 Å². The number of unbranched alkanes of at least 4 members (excludes halogenated alkanes) is 1. The predicted octanol–water partition coefficient (Wildman–Crippen LogP) is -0.199. The average molecular weight is 607 g/mol. The Hall–Kier alpha value is -3.85. The van der Waals surface area contributed by atoms with Crippen molar-refractivity contribution in [3.63, 3.8) is 0 Å². The van der Waals surface area contributed by atoms with E-state index in [2.05, 4.69) is 5.32 Å². The van der Waals surface area contributed by atoms with Crippen LogP contribution in [0.15, 0.2) is 30.4 Å². The molecule has 0 bridgehead atoms. The minimum Gasteiger partial charge on any atom is -0.479 e. The van der Waals surface area contributed by atoms with E-state index in [4.69, 9.17) is 14.2 Å². The number of imide groups is 1. The Morgan fingerprint density at radius 3 is 2.33 bits per heavy atom. The lowest BCUT2D eigenvalue weighted by Gasteiger charge is -2.38. The molecule has 2 aliphatic heterocycles. The number of carboxylic acid groups (broad SMARTS) is 1. The molecule has 0 saturated carbocycles. The summed E-state index contributed by atoms with van der Waals surface area (Å²) in [5.74, 6) is -3.44. The number of aliphatic carboxylic acids is 1. The van der Waals surface area contributed by atoms with E-state index in [0.717, 1.165) is 22.6 Å². The van der Waals surface area contributed by atoms with Gasteiger partial charge < -0.3 is 40.0 Å². The van der Waals surface area contributed by atoms with Crippen LogP contribution in [0.5, 0.6) is 5.75 Å². The number of carbonyl (C=O) groups excluding carboxylic acids is 4. The highest BCUT2D eigenvalue weighted by molar-refractivity contribution is 6.14. The van der Waals surface area contributed by atoms with E-state index in [1.54, 1.807) is 32.0 Å². The van der Waals surface area contributed by atoms with Crippen molar-refractivity contribution in [2.75, 3.05) is 13.1 Å². The number of hydrogen-bond acceptors (Lipinski definition) is 11. The first-order valence-corrected chi connectivity index (χ1v) is 13.9. The van der Waals surface area contributed by atoms with Gasteiger partial charge in [-0.15, -0.1) is 0 Å². The van der Waals surface area contributed by atoms with Gasteiger partial charge in [0.25, 0.3) is 11.8 Å². The number of hydrogen-bond donors (Lipinski definition) is 5. The number of nitrogens with one attached hydrogen (secondary N) is 1. The topological polar surface area (TPSA) is 209 Å². The van der Waals surface area contributed by atoms with Gasteiger partial charge in [-0.05, 0) is 51.2 Å². The van der Waals surface area contributed by atoms with Crippen molar-refractivity contribution < 1.29 is 58.6 Å². The molecule has 3 rings (SSSR count). The maximum Gasteiger partial charge on any atom is 0.335 e. The highest BCUT2D eigenvalue weighted by atomic mass is 16.7. The Kier molecular flexibility index (Phi) is 11.4. The predicted molar refractivity (Wildman–Crippen MR) is 147 cm³/mol. The molecule has 0 unspecified atom stereocenters. The van der Waals surface area contributed by atoms with E-state index >= 15 is 0 Å². The largest absolute Gasteiger partial charge is 0.479 e. The van der Waals surface area contributed by atoms with Gasteiger partial charge in [0, 0.05) is 24.3 Å². The number of esters is 1. The Morgan fingerprint density at radius 2 is 1.70 bits per heavy atom. The second kappa shape index (κ2) is 14.6. The molecule has 1 aromatic rings. The number of aliphatic hydroxyl groups is 3. The van der Waals surface area contributed by atoms with Gasteiger partial charge in [0.15, 0.2) is 6.10 Å². The SMILES string of the molecule is CCC(C)(C)C(=O)OCc1ccc(CCCCNC(=O)CN2C(=O)C=CC2=O)cc1O[C@@H]1O[C@H](C(=O)O)[C@@H](O)[C@H](O)[C@H]1O. The van der Waals surface area contributed by atoms with Crippen LogP contribution in [0.3, 0.4) is 0 Å². The van der Waals surface area contributed by atoms with Crippen LogP contribution in [0.25, 0.3) is 0 Å². The van der Waals surface area contributed by atoms with E-state index in [1.165, 1.54) is 0 Å². The summed E-state index contributed by atoms with van der Waals surface area (Å²) in [7, 11) is 0. The molecule has 1 aromatic carbocycles. The van der Waals surface area contributed by atoms with Crippen molar-refractivity contribution in [3.05, 3.63) is 41.5 Å². The van der Waals surface area contributed by atoms with E-state index in [1.807, 2.05) is 6.92 Å². The fourth-order valence-corrected chi connectivity index (χ4v) is 4.21. The molecular formula is C29H38N2O12. The van der Waals surface area contributed by atoms with Gasteiger partial charge in [0.2, 0.25) is 12.2 Å². The summed E-state index contributed by atoms with van der Waals surface area (Å²) in [6.07, 6.45) is -4.62. The molecule has 1 saturated heterocycles. The van der Waals surface area contributed by atoms with Crippen LogP contribution in [0.4, 0.5) is 0 Å². The summed E-state index contributed by atoms with van der Waals surface area (Å²) < 4.78 is 16.5. The van der Waals surface area contributed by atoms with Crippen molar-refractivity contribution in [2.45, 2.75) is 83.8 Å². The highest BCUT2D eigenvalue weighted by Crippen LogP contribution is 2.30. The zero-order chi connectivity index (χ0) is 31.9. The normalized spacial score (nSPS) is 23.8. The van der Waals surface area contributed by atoms with Crippen LogP contribution >= 0.6 is 0 Å². The minimum atomic E-state index is -1.89. The van der Waals surface area contributed by atoms with Gasteiger partial charge in [-0.25, -0.2) is 4.79 Å². The molecule has 2 aliphatic rings. The summed E-state index contributed by atoms with van der Waals surface area (Å²) in [6.45, 7) is 5.07. The van der Waals surface area contributed by atoms with Crippen LogP contribution in [0.2, 0.25) is 0 Å². The molecule has 3 amide bonds. The lowest BCUT2D eigenvalue weighted by molar-refractivity contribution is -0.271. The van der Waals surface area contributed by atoms with Gasteiger partial charge in [-0.3, -0.25) is 24.1 Å². The number of nitrogens with zero attached hydrogens (tertiary/aromatic N) is 1. The summed E-state index contributed by atoms with van der Waals surface area (Å²) >= 11 is 0. The van der Waals surface area contributed by atoms with Crippen LogP contribution in [0.1, 0.15) is 51.2 Å². The monoisotopic (exact) mass is 606 g/mol. The molecule has 1 fully saturated rings. The quantitative estimate of drug-likeness (QED) is 0.106. The molecule has 14 heteroatoms. The molecule has 5 N–H and O–H groups in total. The first kappa shape index (κ1) is 33.6. The minimum absolute atomic E-state index is 0.109. The third-order valence-corrected chi connectivity index (χ3v) is 7.40. The second-order valence-electron chi connectivity index (χ2n) is 11.0. The zero-order valence-corrected chi connectivity index (χ0v) is 24.2. The molecule has 2 heterocycles. The number of aryl methyl sites for hydroxylation is 1. The Bertz CT molecular complexity index is 1230. The molecule has 0 spiro atoms. The Balaban J connectivity index is 1.65. The summed E-state index contributed by atoms with van der Waals surface area (Å²) in [4.78, 5) is 60.2. The van der Waals surface area contributed by atoms with E-state index < -0.39 is 65.8 Å². The van der Waals surface area contributed by atoms with Crippen LogP contribution in [-0.2, 0) is 46.5 Å². The van der Waals surface area contributed by atoms with Gasteiger partial charge in [0.05, 0.1) is 5.41 Å². The summed E-state index contributed by atoms with van der Waals surface area (Å²) in [5, 5.41) is 42.6. The Morgan fingerprint density at radius 1 is 1.02 bits per heavy atom. The molecule has 14 nitrogen and oxygen atoms in total. The Labute approximate surface area is 248 Å². The summed E-state index contributed by atoms with van der Waals surface area (Å²) in [5.41, 5.74) is 0.412. The summed E-state index contributed by atoms with van der Waals surface area (Å²) in [6, 6.07) is 5.02. The third-order valence-electron chi connectivity index (χ3n) is 7.40. The fourth-order valence-electron chi connectivity index (χ4n) is 4.21. The third kappa shape index (κ3) is 8.60. The van der Waals surface area contributed by atoms with Crippen molar-refractivity contribution in [1.82, 2.24) is 10.2 Å². The smallest absolute Gasteiger partial charge is 0.335 e. The maximum absolute atomic E-state index is 12.5. The van der Waals surface area contributed by atoms with E-state index in [9.17, 15) is 44.4 Å². The highest BCUT2D eigenvalue weighted by Gasteiger charge is 2.48. The second-order valence-corrected chi connectivity index (χ2v) is 11.0. The van der Waals surface area contributed by atoms with Crippen LogP contribution in [0, 0.1) is 5.41 Å². The first-order chi connectivity index (χ1) is 20.2. The van der Waals surface area contributed by atoms with Gasteiger partial charge in [0.1, 0.15) is 37.2 Å². The van der Waals surface area contributed by atoms with Gasteiger partial charge in [-0.2, -0.15) is 0 Å². The molecule has 43 heavy (non-hydrogen) atoms. The van der Waals surface area contributed by atoms with Crippen LogP contribution < -0.4 is 10.1 Å². The van der Waals surface area contributed by atoms with Gasteiger partial charge in [-0.1, -0.05) is 19.1 Å². The van der Waals surface area contributed by atoms with Crippen molar-refractivity contribution in [2.24, 2.45) is 5.41 Å². The number of benzene rings is 1. The standard InChI is InChI=1S/C29H38N2O12/c1-4-29(2,3)28(40)41-15-17-9-8-16(7-5-6-12-30-19(32)14-31-20(33)10-11-21(31)34)13-18(17)42-27-24(37)22(35)23(36)25(43-27)26(38)39/h8-11,13,22-25,27,35-37H,4-7,12,14-15H2,1-3H3,(H,30,32)(H,38,39)/t22-,23-,24+,25-,27+/m0/s1. The average Bonchev–Trinajstić information content (AvgIpc) is 3.28. The van der Waals surface area contributed by atoms with Crippen molar-refractivity contribution in [3.8, 4) is 5.75 Å². The fraction of sp³-hybridized carbons (Fsp3) is 0.552. The molecule has 5 atom stereocenters. The molecule has 236 valence electrons. The number of amides is 3. The zero-order valence-electron chi connectivity index (χ0n) is 24.2. The molecule has 0 aliphatic carbocycles. The molecule has 0 aromatic heterocycles. The van der Waals surface area contributed by atoms with Crippen molar-refractivity contribution in [1.29, 1.82) is 0 Å².